The summed E-state index contributed by atoms with van der Waals surface area (Å²) in [7, 11) is 0. The van der Waals surface area contributed by atoms with Crippen molar-refractivity contribution in [2.45, 2.75) is 0 Å². The summed E-state index contributed by atoms with van der Waals surface area (Å²) in [5, 5.41) is 25.1. The van der Waals surface area contributed by atoms with Gasteiger partial charge < -0.3 is 4.98 Å². The average molecular weight is 366 g/mol. The summed E-state index contributed by atoms with van der Waals surface area (Å²) < 4.78 is 0. The number of azo groups is 1. The molecule has 5 rings (SSSR count). The van der Waals surface area contributed by atoms with Gasteiger partial charge in [-0.25, -0.2) is 0 Å². The Morgan fingerprint density at radius 1 is 0.750 bits per heavy atom. The highest BCUT2D eigenvalue weighted by Gasteiger charge is 2.13. The summed E-state index contributed by atoms with van der Waals surface area (Å²) in [6.45, 7) is 0. The van der Waals surface area contributed by atoms with E-state index in [0.717, 1.165) is 32.7 Å². The summed E-state index contributed by atoms with van der Waals surface area (Å²) >= 11 is 0. The van der Waals surface area contributed by atoms with Crippen LogP contribution in [-0.2, 0) is 0 Å². The molecule has 6 heteroatoms. The van der Waals surface area contributed by atoms with Crippen molar-refractivity contribution in [3.05, 3.63) is 89.1 Å². The van der Waals surface area contributed by atoms with E-state index in [1.165, 1.54) is 17.5 Å². The zero-order valence-electron chi connectivity index (χ0n) is 14.7. The second-order valence-corrected chi connectivity index (χ2v) is 6.49. The van der Waals surface area contributed by atoms with Gasteiger partial charge in [0.15, 0.2) is 0 Å². The molecule has 0 radical (unpaired) electrons. The number of benzene rings is 4. The number of nitro groups is 1. The molecular weight excluding hydrogens is 352 g/mol. The molecule has 0 saturated heterocycles. The number of nitrogens with one attached hydrogen (secondary N) is 1. The van der Waals surface area contributed by atoms with Crippen molar-refractivity contribution in [3.8, 4) is 0 Å². The minimum absolute atomic E-state index is 0.0310. The molecule has 0 aliphatic heterocycles. The van der Waals surface area contributed by atoms with Crippen LogP contribution in [0.15, 0.2) is 89.2 Å². The molecule has 5 aromatic rings. The lowest BCUT2D eigenvalue weighted by molar-refractivity contribution is -0.384. The van der Waals surface area contributed by atoms with Gasteiger partial charge in [-0.2, -0.15) is 5.11 Å². The van der Waals surface area contributed by atoms with Crippen LogP contribution in [0.2, 0.25) is 0 Å². The van der Waals surface area contributed by atoms with E-state index in [9.17, 15) is 10.1 Å². The maximum absolute atomic E-state index is 10.8. The SMILES string of the molecule is O=[N+]([O-])c1ccc(N=Nc2c[nH]c3c4ccccc4c4ccccc4c23)cc1. The molecule has 0 fully saturated rings. The van der Waals surface area contributed by atoms with E-state index in [2.05, 4.69) is 39.5 Å². The quantitative estimate of drug-likeness (QED) is 0.165. The number of aromatic nitrogens is 1. The largest absolute Gasteiger partial charge is 0.359 e. The first-order valence-corrected chi connectivity index (χ1v) is 8.79. The molecule has 0 amide bonds. The third-order valence-electron chi connectivity index (χ3n) is 4.88. The monoisotopic (exact) mass is 366 g/mol. The predicted molar refractivity (Wildman–Crippen MR) is 111 cm³/mol. The Bertz CT molecular complexity index is 1380. The molecule has 28 heavy (non-hydrogen) atoms. The number of hydrogen-bond acceptors (Lipinski definition) is 4. The number of hydrogen-bond donors (Lipinski definition) is 1. The van der Waals surface area contributed by atoms with E-state index in [0.29, 0.717) is 5.69 Å². The minimum atomic E-state index is -0.433. The summed E-state index contributed by atoms with van der Waals surface area (Å²) in [4.78, 5) is 13.7. The maximum atomic E-state index is 10.8. The maximum Gasteiger partial charge on any atom is 0.269 e. The normalized spacial score (nSPS) is 11.7. The minimum Gasteiger partial charge on any atom is -0.359 e. The van der Waals surface area contributed by atoms with Crippen LogP contribution in [0.25, 0.3) is 32.4 Å². The van der Waals surface area contributed by atoms with Gasteiger partial charge in [0.25, 0.3) is 5.69 Å². The zero-order valence-corrected chi connectivity index (χ0v) is 14.7. The van der Waals surface area contributed by atoms with Crippen LogP contribution in [0.5, 0.6) is 0 Å². The van der Waals surface area contributed by atoms with Crippen molar-refractivity contribution in [1.29, 1.82) is 0 Å². The Kier molecular flexibility index (Phi) is 3.62. The highest BCUT2D eigenvalue weighted by atomic mass is 16.6. The molecule has 1 N–H and O–H groups in total. The molecule has 1 heterocycles. The number of H-pyrrole nitrogens is 1. The highest BCUT2D eigenvalue weighted by Crippen LogP contribution is 2.39. The van der Waals surface area contributed by atoms with Gasteiger partial charge in [-0.15, -0.1) is 5.11 Å². The topological polar surface area (TPSA) is 83.7 Å². The Labute approximate surface area is 159 Å². The first kappa shape index (κ1) is 16.1. The Morgan fingerprint density at radius 2 is 1.36 bits per heavy atom. The number of non-ortho nitro benzene ring substituents is 1. The van der Waals surface area contributed by atoms with Crippen LogP contribution in [0.4, 0.5) is 17.1 Å². The third kappa shape index (κ3) is 2.51. The summed E-state index contributed by atoms with van der Waals surface area (Å²) in [5.41, 5.74) is 2.34. The molecule has 134 valence electrons. The number of rotatable bonds is 3. The summed E-state index contributed by atoms with van der Waals surface area (Å²) in [6, 6.07) is 22.5. The molecule has 0 atom stereocenters. The fraction of sp³-hybridized carbons (Fsp3) is 0. The molecule has 0 bridgehead atoms. The van der Waals surface area contributed by atoms with Gasteiger partial charge in [0.2, 0.25) is 0 Å². The molecule has 0 aliphatic carbocycles. The Balaban J connectivity index is 1.70. The lowest BCUT2D eigenvalue weighted by Gasteiger charge is -2.07. The van der Waals surface area contributed by atoms with Crippen molar-refractivity contribution in [2.75, 3.05) is 0 Å². The van der Waals surface area contributed by atoms with E-state index in [-0.39, 0.29) is 5.69 Å². The Morgan fingerprint density at radius 3 is 2.04 bits per heavy atom. The predicted octanol–water partition coefficient (Wildman–Crippen LogP) is 6.80. The second kappa shape index (κ2) is 6.28. The van der Waals surface area contributed by atoms with Crippen molar-refractivity contribution < 1.29 is 4.92 Å². The molecule has 6 nitrogen and oxygen atoms in total. The van der Waals surface area contributed by atoms with Crippen LogP contribution in [0, 0.1) is 10.1 Å². The molecule has 1 aromatic heterocycles. The van der Waals surface area contributed by atoms with Crippen LogP contribution < -0.4 is 0 Å². The molecule has 0 spiro atoms. The highest BCUT2D eigenvalue weighted by molar-refractivity contribution is 6.27. The van der Waals surface area contributed by atoms with Crippen molar-refractivity contribution in [1.82, 2.24) is 4.98 Å². The van der Waals surface area contributed by atoms with Gasteiger partial charge in [0, 0.05) is 29.1 Å². The molecule has 0 saturated carbocycles. The van der Waals surface area contributed by atoms with Gasteiger partial charge in [0.1, 0.15) is 5.69 Å². The van der Waals surface area contributed by atoms with Crippen LogP contribution in [0.3, 0.4) is 0 Å². The van der Waals surface area contributed by atoms with E-state index in [1.54, 1.807) is 12.1 Å². The number of fused-ring (bicyclic) bond motifs is 6. The van der Waals surface area contributed by atoms with E-state index >= 15 is 0 Å². The first-order chi connectivity index (χ1) is 13.7. The molecule has 0 aliphatic rings. The van der Waals surface area contributed by atoms with Gasteiger partial charge >= 0.3 is 0 Å². The summed E-state index contributed by atoms with van der Waals surface area (Å²) in [6.07, 6.45) is 1.85. The second-order valence-electron chi connectivity index (χ2n) is 6.49. The lowest BCUT2D eigenvalue weighted by atomic mass is 9.98. The van der Waals surface area contributed by atoms with E-state index in [1.807, 2.05) is 30.5 Å². The van der Waals surface area contributed by atoms with Gasteiger partial charge in [-0.05, 0) is 28.3 Å². The number of aromatic amines is 1. The lowest BCUT2D eigenvalue weighted by Crippen LogP contribution is -1.85. The van der Waals surface area contributed by atoms with Gasteiger partial charge in [0.05, 0.1) is 16.1 Å². The molecular formula is C22H14N4O2. The Hall–Kier alpha value is -4.06. The third-order valence-corrected chi connectivity index (χ3v) is 4.88. The van der Waals surface area contributed by atoms with E-state index < -0.39 is 4.92 Å². The average Bonchev–Trinajstić information content (AvgIpc) is 3.17. The van der Waals surface area contributed by atoms with Crippen molar-refractivity contribution in [2.24, 2.45) is 10.2 Å². The van der Waals surface area contributed by atoms with Crippen LogP contribution >= 0.6 is 0 Å². The molecule has 4 aromatic carbocycles. The smallest absolute Gasteiger partial charge is 0.269 e. The fourth-order valence-corrected chi connectivity index (χ4v) is 3.60. The fourth-order valence-electron chi connectivity index (χ4n) is 3.60. The van der Waals surface area contributed by atoms with Crippen LogP contribution in [0.1, 0.15) is 0 Å². The van der Waals surface area contributed by atoms with Gasteiger partial charge in [-0.1, -0.05) is 48.5 Å². The van der Waals surface area contributed by atoms with E-state index in [4.69, 9.17) is 0 Å². The standard InChI is InChI=1S/C22H14N4O2/c27-26(28)15-11-9-14(10-12-15)24-25-20-13-23-22-19-8-4-2-6-17(19)16-5-1-3-7-18(16)21(20)22/h1-13,23H. The van der Waals surface area contributed by atoms with Crippen molar-refractivity contribution in [3.63, 3.8) is 0 Å². The number of nitro benzene ring substituents is 1. The zero-order chi connectivity index (χ0) is 19.1. The summed E-state index contributed by atoms with van der Waals surface area (Å²) in [5.74, 6) is 0. The molecule has 0 unspecified atom stereocenters. The van der Waals surface area contributed by atoms with Crippen molar-refractivity contribution >= 4 is 49.5 Å². The van der Waals surface area contributed by atoms with Gasteiger partial charge in [-0.3, -0.25) is 10.1 Å². The number of nitrogens with zero attached hydrogens (tertiary/aromatic N) is 3. The first-order valence-electron chi connectivity index (χ1n) is 8.79. The van der Waals surface area contributed by atoms with Crippen LogP contribution in [-0.4, -0.2) is 9.91 Å².